The Hall–Kier alpha value is -0.330. The Morgan fingerprint density at radius 3 is 2.21 bits per heavy atom. The summed E-state index contributed by atoms with van der Waals surface area (Å²) >= 11 is 0. The Labute approximate surface area is 114 Å². The zero-order valence-electron chi connectivity index (χ0n) is 12.3. The largest absolute Gasteiger partial charge is 0.401 e. The van der Waals surface area contributed by atoms with Crippen molar-refractivity contribution in [2.45, 2.75) is 58.3 Å². The summed E-state index contributed by atoms with van der Waals surface area (Å²) in [5, 5.41) is 12.5. The van der Waals surface area contributed by atoms with Crippen molar-refractivity contribution in [3.63, 3.8) is 0 Å². The number of nitrogens with zero attached hydrogens (tertiary/aromatic N) is 1. The molecule has 0 fully saturated rings. The van der Waals surface area contributed by atoms with Gasteiger partial charge in [-0.3, -0.25) is 4.90 Å². The van der Waals surface area contributed by atoms with Gasteiger partial charge in [-0.05, 0) is 39.8 Å². The van der Waals surface area contributed by atoms with Gasteiger partial charge in [-0.1, -0.05) is 13.8 Å². The first-order valence-corrected chi connectivity index (χ1v) is 6.84. The van der Waals surface area contributed by atoms with Crippen LogP contribution in [0.4, 0.5) is 13.2 Å². The van der Waals surface area contributed by atoms with Gasteiger partial charge in [0.1, 0.15) is 0 Å². The fourth-order valence-electron chi connectivity index (χ4n) is 2.37. The minimum atomic E-state index is -4.18. The zero-order chi connectivity index (χ0) is 15.1. The topological polar surface area (TPSA) is 35.5 Å². The Morgan fingerprint density at radius 1 is 1.26 bits per heavy atom. The quantitative estimate of drug-likeness (QED) is 0.682. The van der Waals surface area contributed by atoms with Crippen molar-refractivity contribution in [3.8, 4) is 0 Å². The van der Waals surface area contributed by atoms with Crippen molar-refractivity contribution in [1.82, 2.24) is 10.2 Å². The summed E-state index contributed by atoms with van der Waals surface area (Å²) in [5.74, 6) is 0. The van der Waals surface area contributed by atoms with Crippen molar-refractivity contribution >= 4 is 0 Å². The number of halogens is 3. The van der Waals surface area contributed by atoms with Crippen LogP contribution in [-0.4, -0.2) is 54.0 Å². The van der Waals surface area contributed by atoms with E-state index in [-0.39, 0.29) is 12.6 Å². The third-order valence-electron chi connectivity index (χ3n) is 3.22. The molecule has 0 rings (SSSR count). The second kappa shape index (κ2) is 8.07. The summed E-state index contributed by atoms with van der Waals surface area (Å²) in [6.45, 7) is 7.51. The van der Waals surface area contributed by atoms with E-state index in [1.807, 2.05) is 20.8 Å². The molecule has 2 N–H and O–H groups in total. The van der Waals surface area contributed by atoms with Gasteiger partial charge in [-0.25, -0.2) is 0 Å². The normalized spacial score (nSPS) is 17.5. The summed E-state index contributed by atoms with van der Waals surface area (Å²) in [4.78, 5) is 1.44. The molecular formula is C13H27F3N2O. The number of aliphatic hydroxyl groups is 1. The average molecular weight is 284 g/mol. The molecule has 0 aromatic carbocycles. The zero-order valence-corrected chi connectivity index (χ0v) is 12.3. The lowest BCUT2D eigenvalue weighted by molar-refractivity contribution is -0.151. The van der Waals surface area contributed by atoms with Gasteiger partial charge in [-0.15, -0.1) is 0 Å². The highest BCUT2D eigenvalue weighted by atomic mass is 19.4. The highest BCUT2D eigenvalue weighted by Crippen LogP contribution is 2.22. The molecule has 0 aliphatic rings. The predicted molar refractivity (Wildman–Crippen MR) is 71.2 cm³/mol. The predicted octanol–water partition coefficient (Wildman–Crippen LogP) is 2.40. The van der Waals surface area contributed by atoms with E-state index >= 15 is 0 Å². The third-order valence-corrected chi connectivity index (χ3v) is 3.22. The van der Waals surface area contributed by atoms with E-state index in [2.05, 4.69) is 5.32 Å². The first-order valence-electron chi connectivity index (χ1n) is 6.84. The maximum atomic E-state index is 12.5. The minimum absolute atomic E-state index is 0.0861. The molecule has 0 heterocycles. The van der Waals surface area contributed by atoms with Crippen molar-refractivity contribution < 1.29 is 18.3 Å². The second-order valence-corrected chi connectivity index (χ2v) is 5.39. The molecule has 0 radical (unpaired) electrons. The molecule has 0 saturated carbocycles. The SMILES string of the molecule is CCCN(CC(F)(F)F)C(C)CC(C)(CO)NCC. The smallest absolute Gasteiger partial charge is 0.394 e. The fourth-order valence-corrected chi connectivity index (χ4v) is 2.37. The Kier molecular flexibility index (Phi) is 7.93. The fraction of sp³-hybridized carbons (Fsp3) is 1.00. The first kappa shape index (κ1) is 18.7. The molecule has 3 nitrogen and oxygen atoms in total. The molecule has 2 unspecified atom stereocenters. The molecule has 116 valence electrons. The lowest BCUT2D eigenvalue weighted by Gasteiger charge is -2.37. The minimum Gasteiger partial charge on any atom is -0.394 e. The molecule has 0 aromatic heterocycles. The number of alkyl halides is 3. The van der Waals surface area contributed by atoms with Gasteiger partial charge in [0, 0.05) is 11.6 Å². The van der Waals surface area contributed by atoms with Crippen LogP contribution in [0.15, 0.2) is 0 Å². The van der Waals surface area contributed by atoms with Gasteiger partial charge in [0.25, 0.3) is 0 Å². The van der Waals surface area contributed by atoms with Gasteiger partial charge < -0.3 is 10.4 Å². The summed E-state index contributed by atoms with van der Waals surface area (Å²) < 4.78 is 37.6. The maximum Gasteiger partial charge on any atom is 0.401 e. The van der Waals surface area contributed by atoms with Gasteiger partial charge in [0.15, 0.2) is 0 Å². The number of nitrogens with one attached hydrogen (secondary N) is 1. The van der Waals surface area contributed by atoms with Crippen LogP contribution >= 0.6 is 0 Å². The molecule has 0 aliphatic heterocycles. The van der Waals surface area contributed by atoms with Crippen molar-refractivity contribution in [1.29, 1.82) is 0 Å². The monoisotopic (exact) mass is 284 g/mol. The van der Waals surface area contributed by atoms with Crippen LogP contribution in [0, 0.1) is 0 Å². The molecule has 0 saturated heterocycles. The number of rotatable bonds is 9. The van der Waals surface area contributed by atoms with E-state index in [4.69, 9.17) is 0 Å². The standard InChI is InChI=1S/C13H27F3N2O/c1-5-7-18(9-13(14,15)16)11(3)8-12(4,10-19)17-6-2/h11,17,19H,5-10H2,1-4H3. The maximum absolute atomic E-state index is 12.5. The highest BCUT2D eigenvalue weighted by molar-refractivity contribution is 4.87. The van der Waals surface area contributed by atoms with E-state index in [1.54, 1.807) is 6.92 Å². The summed E-state index contributed by atoms with van der Waals surface area (Å²) in [6.07, 6.45) is -3.03. The lowest BCUT2D eigenvalue weighted by atomic mass is 9.93. The van der Waals surface area contributed by atoms with E-state index in [9.17, 15) is 18.3 Å². The molecule has 19 heavy (non-hydrogen) atoms. The van der Waals surface area contributed by atoms with Crippen LogP contribution in [0.2, 0.25) is 0 Å². The third kappa shape index (κ3) is 7.74. The first-order chi connectivity index (χ1) is 8.67. The molecule has 0 aromatic rings. The van der Waals surface area contributed by atoms with Crippen LogP contribution in [0.25, 0.3) is 0 Å². The molecule has 0 aliphatic carbocycles. The molecule has 6 heteroatoms. The molecule has 0 amide bonds. The summed E-state index contributed by atoms with van der Waals surface area (Å²) in [6, 6.07) is -0.238. The van der Waals surface area contributed by atoms with Crippen LogP contribution in [0.3, 0.4) is 0 Å². The number of hydrogen-bond acceptors (Lipinski definition) is 3. The average Bonchev–Trinajstić information content (AvgIpc) is 2.27. The summed E-state index contributed by atoms with van der Waals surface area (Å²) in [5.41, 5.74) is -0.536. The van der Waals surface area contributed by atoms with Crippen LogP contribution in [0.5, 0.6) is 0 Å². The lowest BCUT2D eigenvalue weighted by Crippen LogP contribution is -2.51. The number of likely N-dealkylation sites (N-methyl/N-ethyl adjacent to an activating group) is 1. The van der Waals surface area contributed by atoms with Gasteiger partial charge >= 0.3 is 6.18 Å². The van der Waals surface area contributed by atoms with Gasteiger partial charge in [-0.2, -0.15) is 13.2 Å². The second-order valence-electron chi connectivity index (χ2n) is 5.39. The van der Waals surface area contributed by atoms with Gasteiger partial charge in [0.2, 0.25) is 0 Å². The number of hydrogen-bond donors (Lipinski definition) is 2. The van der Waals surface area contributed by atoms with Crippen LogP contribution in [-0.2, 0) is 0 Å². The van der Waals surface area contributed by atoms with E-state index in [1.165, 1.54) is 4.90 Å². The van der Waals surface area contributed by atoms with Crippen molar-refractivity contribution in [2.24, 2.45) is 0 Å². The highest BCUT2D eigenvalue weighted by Gasteiger charge is 2.34. The van der Waals surface area contributed by atoms with Crippen LogP contribution in [0.1, 0.15) is 40.5 Å². The molecule has 2 atom stereocenters. The Morgan fingerprint density at radius 2 is 1.84 bits per heavy atom. The Bertz CT molecular complexity index is 249. The molecule has 0 spiro atoms. The van der Waals surface area contributed by atoms with Crippen molar-refractivity contribution in [2.75, 3.05) is 26.2 Å². The van der Waals surface area contributed by atoms with E-state index < -0.39 is 18.3 Å². The molecule has 0 bridgehead atoms. The van der Waals surface area contributed by atoms with Crippen molar-refractivity contribution in [3.05, 3.63) is 0 Å². The van der Waals surface area contributed by atoms with E-state index in [0.29, 0.717) is 25.9 Å². The number of aliphatic hydroxyl groups excluding tert-OH is 1. The van der Waals surface area contributed by atoms with Crippen LogP contribution < -0.4 is 5.32 Å². The Balaban J connectivity index is 4.66. The van der Waals surface area contributed by atoms with E-state index in [0.717, 1.165) is 0 Å². The molecular weight excluding hydrogens is 257 g/mol. The van der Waals surface area contributed by atoms with Gasteiger partial charge in [0.05, 0.1) is 13.2 Å². The summed E-state index contributed by atoms with van der Waals surface area (Å²) in [7, 11) is 0.